The monoisotopic (exact) mass is 316 g/mol. The molecular weight excluding hydrogens is 288 g/mol. The summed E-state index contributed by atoms with van der Waals surface area (Å²) >= 11 is 0. The zero-order valence-electron chi connectivity index (χ0n) is 14.8. The fraction of sp³-hybridized carbons (Fsp3) is 0.650. The quantitative estimate of drug-likeness (QED) is 0.371. The van der Waals surface area contributed by atoms with Crippen LogP contribution in [-0.4, -0.2) is 23.8 Å². The molecule has 3 nitrogen and oxygen atoms in total. The molecule has 2 heterocycles. The minimum atomic E-state index is -0.166. The summed E-state index contributed by atoms with van der Waals surface area (Å²) in [5.41, 5.74) is 4.72. The van der Waals surface area contributed by atoms with Crippen molar-refractivity contribution < 1.29 is 14.3 Å². The van der Waals surface area contributed by atoms with Crippen molar-refractivity contribution in [2.75, 3.05) is 0 Å². The first kappa shape index (κ1) is 16.5. The second-order valence-electron chi connectivity index (χ2n) is 7.54. The second kappa shape index (κ2) is 6.27. The molecule has 0 spiro atoms. The van der Waals surface area contributed by atoms with Crippen molar-refractivity contribution in [2.24, 2.45) is 0 Å². The Labute approximate surface area is 139 Å². The van der Waals surface area contributed by atoms with Gasteiger partial charge in [-0.3, -0.25) is 0 Å². The third-order valence-electron chi connectivity index (χ3n) is 5.56. The molecule has 1 saturated heterocycles. The Morgan fingerprint density at radius 1 is 1.13 bits per heavy atom. The van der Waals surface area contributed by atoms with E-state index in [1.807, 2.05) is 6.92 Å². The Kier molecular flexibility index (Phi) is 4.50. The average Bonchev–Trinajstić information content (AvgIpc) is 3.06. The zero-order chi connectivity index (χ0) is 16.6. The van der Waals surface area contributed by atoms with Gasteiger partial charge in [-0.25, -0.2) is 4.79 Å². The number of allylic oxidation sites excluding steroid dienone is 3. The number of hydrogen-bond acceptors (Lipinski definition) is 3. The maximum absolute atomic E-state index is 11.9. The number of hydrogen-bond donors (Lipinski definition) is 0. The Bertz CT molecular complexity index is 596. The molecule has 1 aliphatic carbocycles. The van der Waals surface area contributed by atoms with Gasteiger partial charge in [0.25, 0.3) is 0 Å². The molecule has 0 unspecified atom stereocenters. The molecule has 0 aromatic heterocycles. The number of fused-ring (bicyclic) bond motifs is 2. The molecule has 0 amide bonds. The largest absolute Gasteiger partial charge is 0.450 e. The van der Waals surface area contributed by atoms with Gasteiger partial charge in [0.2, 0.25) is 0 Å². The fourth-order valence-corrected chi connectivity index (χ4v) is 3.68. The predicted octanol–water partition coefficient (Wildman–Crippen LogP) is 4.63. The molecule has 0 radical (unpaired) electrons. The van der Waals surface area contributed by atoms with Crippen LogP contribution >= 0.6 is 0 Å². The highest BCUT2D eigenvalue weighted by Gasteiger charge is 2.51. The van der Waals surface area contributed by atoms with Crippen molar-refractivity contribution in [3.63, 3.8) is 0 Å². The van der Waals surface area contributed by atoms with Crippen LogP contribution in [-0.2, 0) is 14.3 Å². The zero-order valence-corrected chi connectivity index (χ0v) is 14.8. The molecule has 0 aromatic rings. The molecule has 3 rings (SSSR count). The molecule has 1 fully saturated rings. The highest BCUT2D eigenvalue weighted by atomic mass is 16.6. The number of carbonyl (C=O) groups is 1. The van der Waals surface area contributed by atoms with Gasteiger partial charge in [-0.05, 0) is 77.9 Å². The molecule has 0 N–H and O–H groups in total. The van der Waals surface area contributed by atoms with Crippen LogP contribution in [0.1, 0.15) is 66.2 Å². The molecule has 2 aliphatic heterocycles. The Hall–Kier alpha value is -1.35. The van der Waals surface area contributed by atoms with Gasteiger partial charge in [0.1, 0.15) is 6.10 Å². The van der Waals surface area contributed by atoms with Crippen LogP contribution in [0.4, 0.5) is 0 Å². The first-order chi connectivity index (χ1) is 10.9. The summed E-state index contributed by atoms with van der Waals surface area (Å²) in [4.78, 5) is 11.9. The van der Waals surface area contributed by atoms with Crippen LogP contribution in [0, 0.1) is 0 Å². The summed E-state index contributed by atoms with van der Waals surface area (Å²) < 4.78 is 11.5. The van der Waals surface area contributed by atoms with Crippen LogP contribution < -0.4 is 0 Å². The maximum atomic E-state index is 11.9. The van der Waals surface area contributed by atoms with E-state index in [0.717, 1.165) is 49.7 Å². The van der Waals surface area contributed by atoms with Crippen molar-refractivity contribution >= 4 is 5.97 Å². The molecule has 0 bridgehead atoms. The first-order valence-corrected chi connectivity index (χ1v) is 8.80. The molecular formula is C20H28O3. The highest BCUT2D eigenvalue weighted by molar-refractivity contribution is 5.92. The number of carbonyl (C=O) groups excluding carboxylic acids is 1. The highest BCUT2D eigenvalue weighted by Crippen LogP contribution is 2.45. The van der Waals surface area contributed by atoms with E-state index in [-0.39, 0.29) is 17.7 Å². The third-order valence-corrected chi connectivity index (χ3v) is 5.56. The van der Waals surface area contributed by atoms with E-state index < -0.39 is 0 Å². The van der Waals surface area contributed by atoms with Crippen LogP contribution in [0.3, 0.4) is 0 Å². The van der Waals surface area contributed by atoms with Crippen molar-refractivity contribution in [2.45, 2.75) is 84.0 Å². The molecule has 0 saturated carbocycles. The minimum Gasteiger partial charge on any atom is -0.450 e. The van der Waals surface area contributed by atoms with Gasteiger partial charge in [-0.1, -0.05) is 17.2 Å². The normalized spacial score (nSPS) is 40.1. The van der Waals surface area contributed by atoms with E-state index in [9.17, 15) is 4.79 Å². The molecule has 126 valence electrons. The van der Waals surface area contributed by atoms with E-state index >= 15 is 0 Å². The van der Waals surface area contributed by atoms with Crippen molar-refractivity contribution in [3.05, 3.63) is 34.4 Å². The SMILES string of the molecule is CC1=C2CC[C@H]3O[C@]3(C)CC/C(C)=C/CC/C(C)=C\[C@H]2OC1=O. The number of rotatable bonds is 0. The van der Waals surface area contributed by atoms with Gasteiger partial charge in [0.15, 0.2) is 0 Å². The summed E-state index contributed by atoms with van der Waals surface area (Å²) in [6.07, 6.45) is 10.8. The van der Waals surface area contributed by atoms with E-state index in [1.165, 1.54) is 11.1 Å². The van der Waals surface area contributed by atoms with Gasteiger partial charge in [-0.2, -0.15) is 0 Å². The minimum absolute atomic E-state index is 0.0262. The van der Waals surface area contributed by atoms with Gasteiger partial charge < -0.3 is 9.47 Å². The molecule has 23 heavy (non-hydrogen) atoms. The predicted molar refractivity (Wildman–Crippen MR) is 91.1 cm³/mol. The lowest BCUT2D eigenvalue weighted by molar-refractivity contribution is -0.138. The Balaban J connectivity index is 1.81. The van der Waals surface area contributed by atoms with Crippen LogP contribution in [0.5, 0.6) is 0 Å². The average molecular weight is 316 g/mol. The van der Waals surface area contributed by atoms with Gasteiger partial charge in [0, 0.05) is 5.57 Å². The summed E-state index contributed by atoms with van der Waals surface area (Å²) in [5.74, 6) is -0.159. The van der Waals surface area contributed by atoms with Gasteiger partial charge >= 0.3 is 5.97 Å². The summed E-state index contributed by atoms with van der Waals surface area (Å²) in [6, 6.07) is 0. The lowest BCUT2D eigenvalue weighted by atomic mass is 9.91. The van der Waals surface area contributed by atoms with Crippen molar-refractivity contribution in [1.29, 1.82) is 0 Å². The van der Waals surface area contributed by atoms with Crippen molar-refractivity contribution in [3.8, 4) is 0 Å². The summed E-state index contributed by atoms with van der Waals surface area (Å²) in [6.45, 7) is 8.46. The fourth-order valence-electron chi connectivity index (χ4n) is 3.68. The maximum Gasteiger partial charge on any atom is 0.334 e. The second-order valence-corrected chi connectivity index (χ2v) is 7.54. The van der Waals surface area contributed by atoms with Crippen LogP contribution in [0.25, 0.3) is 0 Å². The van der Waals surface area contributed by atoms with E-state index in [2.05, 4.69) is 32.9 Å². The first-order valence-electron chi connectivity index (χ1n) is 8.80. The smallest absolute Gasteiger partial charge is 0.334 e. The standard InChI is InChI=1S/C20H28O3/c1-13-6-5-7-14(2)12-17-16(15(3)19(21)22-17)8-9-18-20(4,23-18)11-10-13/h6,12,17-18H,5,7-11H2,1-4H3/b13-6+,14-12-/t17-,18-,20-/m1/s1. The lowest BCUT2D eigenvalue weighted by Gasteiger charge is -2.13. The molecule has 0 aromatic carbocycles. The topological polar surface area (TPSA) is 38.8 Å². The molecule has 3 heteroatoms. The molecule has 3 atom stereocenters. The number of epoxide rings is 1. The van der Waals surface area contributed by atoms with E-state index in [1.54, 1.807) is 0 Å². The van der Waals surface area contributed by atoms with Crippen LogP contribution in [0.2, 0.25) is 0 Å². The Morgan fingerprint density at radius 2 is 1.91 bits per heavy atom. The third kappa shape index (κ3) is 3.60. The van der Waals surface area contributed by atoms with Crippen molar-refractivity contribution in [1.82, 2.24) is 0 Å². The van der Waals surface area contributed by atoms with Gasteiger partial charge in [-0.15, -0.1) is 0 Å². The lowest BCUT2D eigenvalue weighted by Crippen LogP contribution is -2.13. The number of esters is 1. The van der Waals surface area contributed by atoms with E-state index in [4.69, 9.17) is 9.47 Å². The number of ether oxygens (including phenoxy) is 2. The molecule has 3 aliphatic rings. The van der Waals surface area contributed by atoms with Crippen LogP contribution in [0.15, 0.2) is 34.4 Å². The van der Waals surface area contributed by atoms with E-state index in [0.29, 0.717) is 6.10 Å². The summed E-state index contributed by atoms with van der Waals surface area (Å²) in [5, 5.41) is 0. The Morgan fingerprint density at radius 3 is 2.70 bits per heavy atom. The summed E-state index contributed by atoms with van der Waals surface area (Å²) in [7, 11) is 0. The van der Waals surface area contributed by atoms with Gasteiger partial charge in [0.05, 0.1) is 11.7 Å².